The fourth-order valence-electron chi connectivity index (χ4n) is 1.63. The topological polar surface area (TPSA) is 41.1 Å². The van der Waals surface area contributed by atoms with Crippen molar-refractivity contribution in [2.45, 2.75) is 6.92 Å². The van der Waals surface area contributed by atoms with Crippen molar-refractivity contribution in [2.24, 2.45) is 0 Å². The van der Waals surface area contributed by atoms with Crippen molar-refractivity contribution < 1.29 is 9.18 Å². The fraction of sp³-hybridized carbons (Fsp3) is 0.133. The Morgan fingerprint density at radius 3 is 2.45 bits per heavy atom. The highest BCUT2D eigenvalue weighted by molar-refractivity contribution is 9.10. The number of amides is 1. The average Bonchev–Trinajstić information content (AvgIpc) is 2.42. The largest absolute Gasteiger partial charge is 0.376 e. The predicted molar refractivity (Wildman–Crippen MR) is 82.4 cm³/mol. The summed E-state index contributed by atoms with van der Waals surface area (Å²) >= 11 is 3.34. The lowest BCUT2D eigenvalue weighted by Gasteiger charge is -2.08. The summed E-state index contributed by atoms with van der Waals surface area (Å²) in [6, 6.07) is 12.1. The Bertz CT molecular complexity index is 614. The van der Waals surface area contributed by atoms with E-state index in [1.54, 1.807) is 19.1 Å². The zero-order valence-corrected chi connectivity index (χ0v) is 12.5. The van der Waals surface area contributed by atoms with Gasteiger partial charge in [0.25, 0.3) is 0 Å². The molecule has 0 radical (unpaired) electrons. The molecule has 0 aliphatic heterocycles. The molecule has 20 heavy (non-hydrogen) atoms. The maximum absolute atomic E-state index is 13.3. The van der Waals surface area contributed by atoms with Gasteiger partial charge in [-0.25, -0.2) is 4.39 Å². The van der Waals surface area contributed by atoms with Gasteiger partial charge in [0.2, 0.25) is 5.91 Å². The van der Waals surface area contributed by atoms with Crippen LogP contribution in [0.25, 0.3) is 0 Å². The van der Waals surface area contributed by atoms with Gasteiger partial charge >= 0.3 is 0 Å². The van der Waals surface area contributed by atoms with Gasteiger partial charge in [0.15, 0.2) is 0 Å². The fourth-order valence-corrected chi connectivity index (χ4v) is 1.89. The molecule has 0 unspecified atom stereocenters. The van der Waals surface area contributed by atoms with Crippen LogP contribution >= 0.6 is 15.9 Å². The first-order chi connectivity index (χ1) is 9.54. The minimum absolute atomic E-state index is 0.122. The highest BCUT2D eigenvalue weighted by atomic mass is 79.9. The standard InChI is InChI=1S/C15H14BrFN2O/c1-10-2-5-13(8-14(10)17)19-15(20)9-18-12-6-3-11(16)4-7-12/h2-8,18H,9H2,1H3,(H,19,20). The van der Waals surface area contributed by atoms with Crippen molar-refractivity contribution in [1.29, 1.82) is 0 Å². The average molecular weight is 337 g/mol. The van der Waals surface area contributed by atoms with Gasteiger partial charge in [0.05, 0.1) is 6.54 Å². The second-order valence-electron chi connectivity index (χ2n) is 4.37. The van der Waals surface area contributed by atoms with Crippen LogP contribution in [-0.2, 0) is 4.79 Å². The van der Waals surface area contributed by atoms with E-state index in [9.17, 15) is 9.18 Å². The summed E-state index contributed by atoms with van der Waals surface area (Å²) in [5, 5.41) is 5.63. The van der Waals surface area contributed by atoms with E-state index in [2.05, 4.69) is 26.6 Å². The highest BCUT2D eigenvalue weighted by Gasteiger charge is 2.04. The molecular weight excluding hydrogens is 323 g/mol. The first-order valence-electron chi connectivity index (χ1n) is 6.10. The van der Waals surface area contributed by atoms with Gasteiger partial charge in [0.1, 0.15) is 5.82 Å². The van der Waals surface area contributed by atoms with Gasteiger partial charge in [-0.1, -0.05) is 22.0 Å². The van der Waals surface area contributed by atoms with Gasteiger partial charge in [0, 0.05) is 15.8 Å². The summed E-state index contributed by atoms with van der Waals surface area (Å²) in [5.41, 5.74) is 1.85. The number of hydrogen-bond donors (Lipinski definition) is 2. The number of carbonyl (C=O) groups excluding carboxylic acids is 1. The molecule has 2 aromatic rings. The zero-order chi connectivity index (χ0) is 14.5. The normalized spacial score (nSPS) is 10.2. The molecule has 0 saturated heterocycles. The Morgan fingerprint density at radius 1 is 1.15 bits per heavy atom. The van der Waals surface area contributed by atoms with Crippen molar-refractivity contribution in [3.8, 4) is 0 Å². The molecule has 0 spiro atoms. The third-order valence-electron chi connectivity index (χ3n) is 2.75. The van der Waals surface area contributed by atoms with E-state index in [0.29, 0.717) is 11.3 Å². The number of hydrogen-bond acceptors (Lipinski definition) is 2. The SMILES string of the molecule is Cc1ccc(NC(=O)CNc2ccc(Br)cc2)cc1F. The summed E-state index contributed by atoms with van der Waals surface area (Å²) in [5.74, 6) is -0.556. The van der Waals surface area contributed by atoms with Crippen molar-refractivity contribution >= 4 is 33.2 Å². The van der Waals surface area contributed by atoms with Gasteiger partial charge in [-0.15, -0.1) is 0 Å². The van der Waals surface area contributed by atoms with Crippen LogP contribution in [0.15, 0.2) is 46.9 Å². The molecule has 2 N–H and O–H groups in total. The Morgan fingerprint density at radius 2 is 1.80 bits per heavy atom. The molecule has 3 nitrogen and oxygen atoms in total. The molecule has 0 saturated carbocycles. The first kappa shape index (κ1) is 14.5. The molecule has 1 amide bonds. The van der Waals surface area contributed by atoms with E-state index < -0.39 is 0 Å². The van der Waals surface area contributed by atoms with E-state index in [0.717, 1.165) is 10.2 Å². The van der Waals surface area contributed by atoms with Crippen molar-refractivity contribution in [1.82, 2.24) is 0 Å². The van der Waals surface area contributed by atoms with Crippen LogP contribution in [0.2, 0.25) is 0 Å². The van der Waals surface area contributed by atoms with Crippen LogP contribution in [0.4, 0.5) is 15.8 Å². The van der Waals surface area contributed by atoms with Gasteiger partial charge in [-0.05, 0) is 48.9 Å². The Hall–Kier alpha value is -1.88. The minimum Gasteiger partial charge on any atom is -0.376 e. The number of anilines is 2. The van der Waals surface area contributed by atoms with Crippen LogP contribution in [0.5, 0.6) is 0 Å². The monoisotopic (exact) mass is 336 g/mol. The van der Waals surface area contributed by atoms with E-state index in [1.807, 2.05) is 24.3 Å². The Labute approximate surface area is 125 Å². The molecular formula is C15H14BrFN2O. The second kappa shape index (κ2) is 6.52. The third-order valence-corrected chi connectivity index (χ3v) is 3.28. The molecule has 0 fully saturated rings. The quantitative estimate of drug-likeness (QED) is 0.887. The zero-order valence-electron chi connectivity index (χ0n) is 10.9. The van der Waals surface area contributed by atoms with Crippen LogP contribution < -0.4 is 10.6 Å². The van der Waals surface area contributed by atoms with E-state index in [-0.39, 0.29) is 18.3 Å². The number of nitrogens with one attached hydrogen (secondary N) is 2. The Balaban J connectivity index is 1.89. The van der Waals surface area contributed by atoms with Gasteiger partial charge in [-0.2, -0.15) is 0 Å². The summed E-state index contributed by atoms with van der Waals surface area (Å²) < 4.78 is 14.3. The Kier molecular flexibility index (Phi) is 4.74. The minimum atomic E-state index is -0.330. The van der Waals surface area contributed by atoms with Gasteiger partial charge in [-0.3, -0.25) is 4.79 Å². The lowest BCUT2D eigenvalue weighted by atomic mass is 10.2. The molecule has 0 aromatic heterocycles. The maximum Gasteiger partial charge on any atom is 0.243 e. The van der Waals surface area contributed by atoms with Crippen molar-refractivity contribution in [3.05, 3.63) is 58.3 Å². The lowest BCUT2D eigenvalue weighted by molar-refractivity contribution is -0.114. The number of benzene rings is 2. The maximum atomic E-state index is 13.3. The second-order valence-corrected chi connectivity index (χ2v) is 5.29. The summed E-state index contributed by atoms with van der Waals surface area (Å²) in [4.78, 5) is 11.7. The molecule has 0 aliphatic carbocycles. The predicted octanol–water partition coefficient (Wildman–Crippen LogP) is 3.95. The molecule has 2 aromatic carbocycles. The van der Waals surface area contributed by atoms with E-state index >= 15 is 0 Å². The number of carbonyl (C=O) groups is 1. The summed E-state index contributed by atoms with van der Waals surface area (Å²) in [6.45, 7) is 1.80. The summed E-state index contributed by atoms with van der Waals surface area (Å²) in [6.07, 6.45) is 0. The number of rotatable bonds is 4. The van der Waals surface area contributed by atoms with Crippen LogP contribution in [0.1, 0.15) is 5.56 Å². The molecule has 0 aliphatic rings. The van der Waals surface area contributed by atoms with Crippen molar-refractivity contribution in [2.75, 3.05) is 17.2 Å². The molecule has 0 heterocycles. The molecule has 5 heteroatoms. The summed E-state index contributed by atoms with van der Waals surface area (Å²) in [7, 11) is 0. The molecule has 104 valence electrons. The van der Waals surface area contributed by atoms with Crippen LogP contribution in [0.3, 0.4) is 0 Å². The van der Waals surface area contributed by atoms with E-state index in [1.165, 1.54) is 6.07 Å². The molecule has 0 atom stereocenters. The molecule has 0 bridgehead atoms. The van der Waals surface area contributed by atoms with Crippen LogP contribution in [-0.4, -0.2) is 12.5 Å². The van der Waals surface area contributed by atoms with Crippen LogP contribution in [0, 0.1) is 12.7 Å². The number of aryl methyl sites for hydroxylation is 1. The third kappa shape index (κ3) is 4.06. The molecule has 2 rings (SSSR count). The highest BCUT2D eigenvalue weighted by Crippen LogP contribution is 2.15. The first-order valence-corrected chi connectivity index (χ1v) is 6.89. The smallest absolute Gasteiger partial charge is 0.243 e. The number of halogens is 2. The lowest BCUT2D eigenvalue weighted by Crippen LogP contribution is -2.21. The van der Waals surface area contributed by atoms with Crippen molar-refractivity contribution in [3.63, 3.8) is 0 Å². The van der Waals surface area contributed by atoms with E-state index in [4.69, 9.17) is 0 Å². The van der Waals surface area contributed by atoms with Gasteiger partial charge < -0.3 is 10.6 Å².